The van der Waals surface area contributed by atoms with E-state index in [1.807, 2.05) is 42.5 Å². The topological polar surface area (TPSA) is 144 Å². The molecule has 1 amide bonds. The third-order valence-electron chi connectivity index (χ3n) is 9.41. The van der Waals surface area contributed by atoms with Crippen LogP contribution < -0.4 is 9.64 Å². The zero-order valence-electron chi connectivity index (χ0n) is 29.2. The van der Waals surface area contributed by atoms with Crippen LogP contribution in [0.5, 0.6) is 5.75 Å². The molecule has 7 atom stereocenters. The summed E-state index contributed by atoms with van der Waals surface area (Å²) in [6, 6.07) is 21.7. The summed E-state index contributed by atoms with van der Waals surface area (Å²) in [7, 11) is 0. The second kappa shape index (κ2) is 15.1. The normalized spacial score (nSPS) is 24.9. The molecule has 0 bridgehead atoms. The van der Waals surface area contributed by atoms with Crippen LogP contribution in [0.4, 0.5) is 10.1 Å². The van der Waals surface area contributed by atoms with Gasteiger partial charge in [0.25, 0.3) is 0 Å². The van der Waals surface area contributed by atoms with Crippen molar-refractivity contribution in [3.05, 3.63) is 95.8 Å². The van der Waals surface area contributed by atoms with Gasteiger partial charge in [0.15, 0.2) is 12.2 Å². The van der Waals surface area contributed by atoms with E-state index in [1.54, 1.807) is 29.2 Å². The molecule has 0 radical (unpaired) electrons. The van der Waals surface area contributed by atoms with Crippen LogP contribution in [0.3, 0.4) is 0 Å². The molecule has 6 rings (SSSR count). The molecule has 1 unspecified atom stereocenters. The summed E-state index contributed by atoms with van der Waals surface area (Å²) in [6.45, 7) is 4.94. The standard InChI is InChI=1S/C39H40FNO11/c1-22(42)47-32(26-10-14-28(40)15-11-26)19-18-31-33(41(37(31)46)29-8-6-5-7-9-29)27-12-16-30(17-13-27)51-38-35(49-24(3)44)34(48-23(2)43)36(50-25(4)45)39(52-38)20-21-39/h5-17,31-36,38H,18-21H2,1-4H3/t31?,32-,33+,34+,35+,36-,38+/m0/s1. The number of rotatable bonds is 12. The van der Waals surface area contributed by atoms with E-state index in [1.165, 1.54) is 39.8 Å². The van der Waals surface area contributed by atoms with E-state index >= 15 is 0 Å². The Morgan fingerprint density at radius 2 is 1.42 bits per heavy atom. The van der Waals surface area contributed by atoms with E-state index < -0.39 is 71.9 Å². The van der Waals surface area contributed by atoms with E-state index in [0.717, 1.165) is 11.3 Å². The fourth-order valence-electron chi connectivity index (χ4n) is 7.06. The number of halogens is 1. The average molecular weight is 718 g/mol. The molecule has 274 valence electrons. The molecule has 3 aromatic carbocycles. The number of hydrogen-bond donors (Lipinski definition) is 0. The van der Waals surface area contributed by atoms with E-state index in [0.29, 0.717) is 37.0 Å². The predicted octanol–water partition coefficient (Wildman–Crippen LogP) is 5.68. The van der Waals surface area contributed by atoms with Crippen molar-refractivity contribution in [1.82, 2.24) is 0 Å². The van der Waals surface area contributed by atoms with Crippen LogP contribution in [0, 0.1) is 11.7 Å². The number of anilines is 1. The maximum Gasteiger partial charge on any atom is 0.303 e. The quantitative estimate of drug-likeness (QED) is 0.130. The van der Waals surface area contributed by atoms with Crippen molar-refractivity contribution in [2.24, 2.45) is 5.92 Å². The van der Waals surface area contributed by atoms with Gasteiger partial charge in [-0.3, -0.25) is 24.0 Å². The number of nitrogens with zero attached hydrogens (tertiary/aromatic N) is 1. The van der Waals surface area contributed by atoms with Crippen LogP contribution in [-0.2, 0) is 47.7 Å². The van der Waals surface area contributed by atoms with Crippen molar-refractivity contribution in [2.75, 3.05) is 4.90 Å². The van der Waals surface area contributed by atoms with Gasteiger partial charge >= 0.3 is 23.9 Å². The van der Waals surface area contributed by atoms with Crippen molar-refractivity contribution in [2.45, 2.75) is 95.7 Å². The maximum absolute atomic E-state index is 13.7. The fraction of sp³-hybridized carbons (Fsp3) is 0.410. The fourth-order valence-corrected chi connectivity index (χ4v) is 7.06. The summed E-state index contributed by atoms with van der Waals surface area (Å²) in [5.74, 6) is -3.06. The van der Waals surface area contributed by atoms with Crippen LogP contribution in [0.15, 0.2) is 78.9 Å². The lowest BCUT2D eigenvalue weighted by molar-refractivity contribution is -0.292. The molecule has 2 aliphatic heterocycles. The first-order chi connectivity index (χ1) is 24.8. The van der Waals surface area contributed by atoms with Gasteiger partial charge in [0, 0.05) is 33.4 Å². The molecule has 1 spiro atoms. The number of β-lactam (4-membered cyclic amide) rings is 1. The summed E-state index contributed by atoms with van der Waals surface area (Å²) >= 11 is 0. The van der Waals surface area contributed by atoms with Crippen molar-refractivity contribution in [3.8, 4) is 5.75 Å². The number of benzene rings is 3. The second-order valence-corrected chi connectivity index (χ2v) is 13.2. The Kier molecular flexibility index (Phi) is 10.6. The highest BCUT2D eigenvalue weighted by molar-refractivity contribution is 6.03. The van der Waals surface area contributed by atoms with E-state index in [9.17, 15) is 28.4 Å². The van der Waals surface area contributed by atoms with Gasteiger partial charge in [-0.15, -0.1) is 0 Å². The number of esters is 4. The molecule has 0 N–H and O–H groups in total. The van der Waals surface area contributed by atoms with Gasteiger partial charge in [-0.05, 0) is 73.2 Å². The largest absolute Gasteiger partial charge is 0.461 e. The Balaban J connectivity index is 1.24. The Hall–Kier alpha value is -5.30. The first-order valence-corrected chi connectivity index (χ1v) is 17.1. The molecule has 1 aliphatic carbocycles. The van der Waals surface area contributed by atoms with Crippen molar-refractivity contribution in [3.63, 3.8) is 0 Å². The third-order valence-corrected chi connectivity index (χ3v) is 9.41. The van der Waals surface area contributed by atoms with Gasteiger partial charge in [-0.1, -0.05) is 42.5 Å². The first-order valence-electron chi connectivity index (χ1n) is 17.1. The SMILES string of the molecule is CC(=O)O[C@@H]1[C@@H](OC(C)=O)[C@H](Oc2ccc([C@@H]3C(CC[C@H](OC(C)=O)c4ccc(F)cc4)C(=O)N3c3ccccc3)cc2)OC2(CC2)[C@H]1OC(C)=O. The van der Waals surface area contributed by atoms with Gasteiger partial charge in [0.2, 0.25) is 18.3 Å². The Morgan fingerprint density at radius 3 is 2.00 bits per heavy atom. The zero-order valence-corrected chi connectivity index (χ0v) is 29.2. The minimum absolute atomic E-state index is 0.0920. The molecule has 13 heteroatoms. The maximum atomic E-state index is 13.7. The highest BCUT2D eigenvalue weighted by Crippen LogP contribution is 2.51. The number of hydrogen-bond acceptors (Lipinski definition) is 11. The second-order valence-electron chi connectivity index (χ2n) is 13.2. The van der Waals surface area contributed by atoms with Crippen molar-refractivity contribution in [1.29, 1.82) is 0 Å². The third kappa shape index (κ3) is 7.94. The summed E-state index contributed by atoms with van der Waals surface area (Å²) in [4.78, 5) is 63.7. The van der Waals surface area contributed by atoms with Gasteiger partial charge in [0.1, 0.15) is 23.3 Å². The summed E-state index contributed by atoms with van der Waals surface area (Å²) in [6.07, 6.45) is -3.62. The van der Waals surface area contributed by atoms with Crippen molar-refractivity contribution < 1.29 is 56.8 Å². The molecular formula is C39H40FNO11. The highest BCUT2D eigenvalue weighted by Gasteiger charge is 2.66. The molecule has 3 aliphatic rings. The lowest BCUT2D eigenvalue weighted by atomic mass is 9.78. The molecule has 2 heterocycles. The van der Waals surface area contributed by atoms with Crippen LogP contribution in [-0.4, -0.2) is 60.0 Å². The summed E-state index contributed by atoms with van der Waals surface area (Å²) in [5, 5.41) is 0. The lowest BCUT2D eigenvalue weighted by Gasteiger charge is -2.48. The number of para-hydroxylation sites is 1. The zero-order chi connectivity index (χ0) is 37.2. The molecular weight excluding hydrogens is 677 g/mol. The van der Waals surface area contributed by atoms with Gasteiger partial charge in [-0.2, -0.15) is 0 Å². The molecule has 3 fully saturated rings. The van der Waals surface area contributed by atoms with E-state index in [4.69, 9.17) is 28.4 Å². The van der Waals surface area contributed by atoms with E-state index in [-0.39, 0.29) is 11.9 Å². The molecule has 12 nitrogen and oxygen atoms in total. The predicted molar refractivity (Wildman–Crippen MR) is 181 cm³/mol. The number of carbonyl (C=O) groups is 5. The van der Waals surface area contributed by atoms with Gasteiger partial charge in [-0.25, -0.2) is 4.39 Å². The van der Waals surface area contributed by atoms with Crippen LogP contribution in [0.25, 0.3) is 0 Å². The minimum atomic E-state index is -1.26. The number of ether oxygens (including phenoxy) is 6. The molecule has 0 aromatic heterocycles. The monoisotopic (exact) mass is 717 g/mol. The summed E-state index contributed by atoms with van der Waals surface area (Å²) in [5.41, 5.74) is 1.17. The Labute approximate surface area is 300 Å². The number of amides is 1. The van der Waals surface area contributed by atoms with Crippen LogP contribution in [0.1, 0.15) is 76.7 Å². The average Bonchev–Trinajstić information content (AvgIpc) is 3.87. The van der Waals surface area contributed by atoms with Crippen LogP contribution in [0.2, 0.25) is 0 Å². The minimum Gasteiger partial charge on any atom is -0.461 e. The van der Waals surface area contributed by atoms with Crippen molar-refractivity contribution >= 4 is 35.5 Å². The van der Waals surface area contributed by atoms with Gasteiger partial charge < -0.3 is 33.3 Å². The Bertz CT molecular complexity index is 1790. The van der Waals surface area contributed by atoms with Gasteiger partial charge in [0.05, 0.1) is 12.0 Å². The molecule has 3 aromatic rings. The highest BCUT2D eigenvalue weighted by atomic mass is 19.1. The lowest BCUT2D eigenvalue weighted by Crippen LogP contribution is -2.63. The molecule has 52 heavy (non-hydrogen) atoms. The first kappa shape index (κ1) is 36.5. The number of carbonyl (C=O) groups excluding carboxylic acids is 5. The van der Waals surface area contributed by atoms with E-state index in [2.05, 4.69) is 0 Å². The van der Waals surface area contributed by atoms with Crippen LogP contribution >= 0.6 is 0 Å². The smallest absolute Gasteiger partial charge is 0.303 e. The molecule has 1 saturated carbocycles. The Morgan fingerprint density at radius 1 is 0.808 bits per heavy atom. The summed E-state index contributed by atoms with van der Waals surface area (Å²) < 4.78 is 48.4. The molecule has 2 saturated heterocycles.